The van der Waals surface area contributed by atoms with Gasteiger partial charge in [-0.05, 0) is 42.3 Å². The number of rotatable bonds is 4. The van der Waals surface area contributed by atoms with Gasteiger partial charge in [0.1, 0.15) is 6.04 Å². The summed E-state index contributed by atoms with van der Waals surface area (Å²) in [6, 6.07) is 13.0. The molecular weight excluding hydrogens is 408 g/mol. The van der Waals surface area contributed by atoms with Crippen molar-refractivity contribution in [3.63, 3.8) is 0 Å². The molecule has 8 nitrogen and oxygen atoms in total. The molecule has 0 saturated carbocycles. The SMILES string of the molecule is CN(Cc1ccc2c(c1)C(=O)N(C1CCC(=O)NC1=O)C2)[C@H]1c2ccccc2NC[C@@H]1O. The van der Waals surface area contributed by atoms with Gasteiger partial charge in [0.25, 0.3) is 5.91 Å². The van der Waals surface area contributed by atoms with Crippen LogP contribution in [0.4, 0.5) is 5.69 Å². The summed E-state index contributed by atoms with van der Waals surface area (Å²) in [6.07, 6.45) is 0.0496. The standard InChI is InChI=1S/C24H26N4O4/c1-27(22-16-4-2-3-5-18(16)25-11-20(22)29)12-14-6-7-15-13-28(24(32)17(15)10-14)19-8-9-21(30)26-23(19)31/h2-7,10,19-20,22,25,29H,8-9,11-13H2,1H3,(H,26,30,31)/t19?,20-,22-/m0/s1. The van der Waals surface area contributed by atoms with E-state index in [0.29, 0.717) is 31.6 Å². The number of amides is 3. The van der Waals surface area contributed by atoms with Crippen LogP contribution in [0.1, 0.15) is 45.9 Å². The number of aliphatic hydroxyl groups excluding tert-OH is 1. The average Bonchev–Trinajstić information content (AvgIpc) is 3.09. The van der Waals surface area contributed by atoms with Gasteiger partial charge in [-0.3, -0.25) is 24.6 Å². The molecule has 2 aromatic rings. The number of imide groups is 1. The Balaban J connectivity index is 1.34. The predicted octanol–water partition coefficient (Wildman–Crippen LogP) is 1.41. The summed E-state index contributed by atoms with van der Waals surface area (Å²) in [4.78, 5) is 40.4. The Morgan fingerprint density at radius 3 is 2.78 bits per heavy atom. The van der Waals surface area contributed by atoms with Crippen molar-refractivity contribution >= 4 is 23.4 Å². The van der Waals surface area contributed by atoms with E-state index in [-0.39, 0.29) is 24.3 Å². The molecule has 2 aromatic carbocycles. The number of hydrogen-bond donors (Lipinski definition) is 3. The zero-order valence-corrected chi connectivity index (χ0v) is 17.9. The van der Waals surface area contributed by atoms with Crippen LogP contribution in [0.2, 0.25) is 0 Å². The van der Waals surface area contributed by atoms with Crippen LogP contribution >= 0.6 is 0 Å². The van der Waals surface area contributed by atoms with Crippen LogP contribution in [0.25, 0.3) is 0 Å². The number of benzene rings is 2. The molecule has 1 fully saturated rings. The second-order valence-electron chi connectivity index (χ2n) is 8.79. The number of para-hydroxylation sites is 1. The minimum Gasteiger partial charge on any atom is -0.389 e. The van der Waals surface area contributed by atoms with Crippen LogP contribution in [0.5, 0.6) is 0 Å². The number of piperidine rings is 1. The molecule has 166 valence electrons. The molecular formula is C24H26N4O4. The number of carbonyl (C=O) groups excluding carboxylic acids is 3. The van der Waals surface area contributed by atoms with Crippen LogP contribution in [-0.4, -0.2) is 58.4 Å². The van der Waals surface area contributed by atoms with E-state index in [4.69, 9.17) is 0 Å². The zero-order valence-electron chi connectivity index (χ0n) is 17.9. The number of nitrogens with zero attached hydrogens (tertiary/aromatic N) is 2. The molecule has 3 heterocycles. The van der Waals surface area contributed by atoms with Crippen LogP contribution in [0.3, 0.4) is 0 Å². The summed E-state index contributed by atoms with van der Waals surface area (Å²) < 4.78 is 0. The zero-order chi connectivity index (χ0) is 22.4. The fourth-order valence-corrected chi connectivity index (χ4v) is 5.07. The van der Waals surface area contributed by atoms with Gasteiger partial charge in [-0.2, -0.15) is 0 Å². The number of aliphatic hydroxyl groups is 1. The number of likely N-dealkylation sites (N-methyl/N-ethyl adjacent to an activating group) is 1. The monoisotopic (exact) mass is 434 g/mol. The van der Waals surface area contributed by atoms with E-state index >= 15 is 0 Å². The Morgan fingerprint density at radius 2 is 1.97 bits per heavy atom. The Labute approximate surface area is 186 Å². The average molecular weight is 434 g/mol. The highest BCUT2D eigenvalue weighted by Crippen LogP contribution is 2.35. The van der Waals surface area contributed by atoms with Crippen LogP contribution < -0.4 is 10.6 Å². The molecule has 3 atom stereocenters. The van der Waals surface area contributed by atoms with E-state index in [2.05, 4.69) is 15.5 Å². The number of nitrogens with one attached hydrogen (secondary N) is 2. The lowest BCUT2D eigenvalue weighted by Gasteiger charge is -2.37. The predicted molar refractivity (Wildman–Crippen MR) is 118 cm³/mol. The molecule has 3 aliphatic rings. The van der Waals surface area contributed by atoms with Crippen molar-refractivity contribution in [3.8, 4) is 0 Å². The first-order valence-electron chi connectivity index (χ1n) is 10.9. The van der Waals surface area contributed by atoms with Crippen molar-refractivity contribution in [3.05, 3.63) is 64.7 Å². The number of hydrogen-bond acceptors (Lipinski definition) is 6. The smallest absolute Gasteiger partial charge is 0.255 e. The minimum atomic E-state index is -0.611. The first-order valence-corrected chi connectivity index (χ1v) is 10.9. The highest BCUT2D eigenvalue weighted by molar-refractivity contribution is 6.05. The fourth-order valence-electron chi connectivity index (χ4n) is 5.07. The lowest BCUT2D eigenvalue weighted by atomic mass is 9.94. The topological polar surface area (TPSA) is 102 Å². The van der Waals surface area contributed by atoms with E-state index in [1.54, 1.807) is 4.90 Å². The van der Waals surface area contributed by atoms with E-state index in [0.717, 1.165) is 22.4 Å². The third-order valence-corrected chi connectivity index (χ3v) is 6.64. The quantitative estimate of drug-likeness (QED) is 0.629. The van der Waals surface area contributed by atoms with Gasteiger partial charge < -0.3 is 15.3 Å². The molecule has 1 saturated heterocycles. The van der Waals surface area contributed by atoms with Gasteiger partial charge in [-0.25, -0.2) is 0 Å². The molecule has 8 heteroatoms. The summed E-state index contributed by atoms with van der Waals surface area (Å²) in [5, 5.41) is 16.3. The Hall–Kier alpha value is -3.23. The van der Waals surface area contributed by atoms with Gasteiger partial charge in [0, 0.05) is 37.3 Å². The maximum atomic E-state index is 13.1. The number of anilines is 1. The molecule has 0 aromatic heterocycles. The van der Waals surface area contributed by atoms with Crippen LogP contribution in [-0.2, 0) is 22.7 Å². The van der Waals surface area contributed by atoms with Crippen molar-refractivity contribution in [2.45, 2.75) is 44.1 Å². The largest absolute Gasteiger partial charge is 0.389 e. The second-order valence-corrected chi connectivity index (χ2v) is 8.79. The molecule has 3 N–H and O–H groups in total. The van der Waals surface area contributed by atoms with Gasteiger partial charge in [0.2, 0.25) is 11.8 Å². The molecule has 1 unspecified atom stereocenters. The first-order chi connectivity index (χ1) is 15.4. The number of β-amino-alcohol motifs (C(OH)–C–C–N with tert-alkyl or cyclic N) is 1. The van der Waals surface area contributed by atoms with E-state index in [1.165, 1.54) is 0 Å². The molecule has 0 spiro atoms. The maximum absolute atomic E-state index is 13.1. The molecule has 0 bridgehead atoms. The van der Waals surface area contributed by atoms with E-state index in [9.17, 15) is 19.5 Å². The van der Waals surface area contributed by atoms with Gasteiger partial charge in [-0.15, -0.1) is 0 Å². The second kappa shape index (κ2) is 8.03. The van der Waals surface area contributed by atoms with Crippen molar-refractivity contribution in [1.29, 1.82) is 0 Å². The third-order valence-electron chi connectivity index (χ3n) is 6.64. The summed E-state index contributed by atoms with van der Waals surface area (Å²) >= 11 is 0. The van der Waals surface area contributed by atoms with Crippen molar-refractivity contribution in [1.82, 2.24) is 15.1 Å². The highest BCUT2D eigenvalue weighted by Gasteiger charge is 2.39. The Bertz CT molecular complexity index is 1100. The Morgan fingerprint density at radius 1 is 1.16 bits per heavy atom. The lowest BCUT2D eigenvalue weighted by molar-refractivity contribution is -0.136. The van der Waals surface area contributed by atoms with Crippen LogP contribution in [0, 0.1) is 0 Å². The van der Waals surface area contributed by atoms with Gasteiger partial charge >= 0.3 is 0 Å². The van der Waals surface area contributed by atoms with Gasteiger partial charge in [0.15, 0.2) is 0 Å². The van der Waals surface area contributed by atoms with Gasteiger partial charge in [0.05, 0.1) is 12.1 Å². The number of carbonyl (C=O) groups is 3. The Kier molecular flexibility index (Phi) is 5.19. The molecule has 3 aliphatic heterocycles. The summed E-state index contributed by atoms with van der Waals surface area (Å²) in [7, 11) is 1.97. The third kappa shape index (κ3) is 3.55. The minimum absolute atomic E-state index is 0.156. The molecule has 32 heavy (non-hydrogen) atoms. The summed E-state index contributed by atoms with van der Waals surface area (Å²) in [5.41, 5.74) is 4.53. The fraction of sp³-hybridized carbons (Fsp3) is 0.375. The molecule has 3 amide bonds. The first kappa shape index (κ1) is 20.7. The summed E-state index contributed by atoms with van der Waals surface area (Å²) in [5.74, 6) is -0.866. The normalized spacial score (nSPS) is 24.8. The van der Waals surface area contributed by atoms with E-state index < -0.39 is 18.1 Å². The van der Waals surface area contributed by atoms with Crippen molar-refractivity contribution < 1.29 is 19.5 Å². The van der Waals surface area contributed by atoms with Gasteiger partial charge in [-0.1, -0.05) is 30.3 Å². The number of fused-ring (bicyclic) bond motifs is 2. The molecule has 0 radical (unpaired) electrons. The summed E-state index contributed by atoms with van der Waals surface area (Å²) in [6.45, 7) is 1.42. The van der Waals surface area contributed by atoms with E-state index in [1.807, 2.05) is 49.5 Å². The maximum Gasteiger partial charge on any atom is 0.255 e. The van der Waals surface area contributed by atoms with Crippen molar-refractivity contribution in [2.24, 2.45) is 0 Å². The lowest BCUT2D eigenvalue weighted by Crippen LogP contribution is -2.52. The molecule has 0 aliphatic carbocycles. The van der Waals surface area contributed by atoms with Crippen LogP contribution in [0.15, 0.2) is 42.5 Å². The van der Waals surface area contributed by atoms with Crippen molar-refractivity contribution in [2.75, 3.05) is 18.9 Å². The highest BCUT2D eigenvalue weighted by atomic mass is 16.3. The molecule has 5 rings (SSSR count).